The molecule has 2 bridgehead atoms. The fourth-order valence-electron chi connectivity index (χ4n) is 3.13. The smallest absolute Gasteiger partial charge is 0.334 e. The number of carbonyl (C=O) groups is 3. The zero-order valence-corrected chi connectivity index (χ0v) is 14.9. The number of Topliss-reactive ketones (excluding diaryl/α,β-unsaturated/α-hetero) is 2. The van der Waals surface area contributed by atoms with Crippen molar-refractivity contribution in [1.29, 1.82) is 0 Å². The molecule has 0 N–H and O–H groups in total. The van der Waals surface area contributed by atoms with Gasteiger partial charge in [-0.15, -0.1) is 0 Å². The van der Waals surface area contributed by atoms with Gasteiger partial charge in [-0.3, -0.25) is 9.59 Å². The number of hydrogen-bond acceptors (Lipinski definition) is 4. The van der Waals surface area contributed by atoms with Gasteiger partial charge in [0.2, 0.25) is 0 Å². The zero-order valence-electron chi connectivity index (χ0n) is 14.9. The molecule has 3 atom stereocenters. The molecule has 1 aliphatic carbocycles. The molecule has 0 saturated carbocycles. The summed E-state index contributed by atoms with van der Waals surface area (Å²) < 4.78 is 5.46. The molecule has 24 heavy (non-hydrogen) atoms. The summed E-state index contributed by atoms with van der Waals surface area (Å²) in [5.41, 5.74) is 1.34. The van der Waals surface area contributed by atoms with Gasteiger partial charge in [-0.05, 0) is 18.9 Å². The Labute approximate surface area is 143 Å². The summed E-state index contributed by atoms with van der Waals surface area (Å²) in [6, 6.07) is 0. The number of allylic oxidation sites excluding steroid dienone is 4. The number of ketones is 2. The Morgan fingerprint density at radius 2 is 1.88 bits per heavy atom. The first-order chi connectivity index (χ1) is 11.3. The maximum absolute atomic E-state index is 12.5. The third-order valence-electron chi connectivity index (χ3n) is 4.74. The molecule has 4 nitrogen and oxygen atoms in total. The summed E-state index contributed by atoms with van der Waals surface area (Å²) in [5.74, 6) is -0.344. The van der Waals surface area contributed by atoms with E-state index in [1.165, 1.54) is 0 Å². The average molecular weight is 330 g/mol. The summed E-state index contributed by atoms with van der Waals surface area (Å²) in [6.45, 7) is 7.80. The van der Waals surface area contributed by atoms with E-state index in [4.69, 9.17) is 4.74 Å². The molecule has 0 spiro atoms. The molecule has 2 aliphatic rings. The minimum absolute atomic E-state index is 0.00304. The van der Waals surface area contributed by atoms with Gasteiger partial charge in [0.1, 0.15) is 17.7 Å². The van der Waals surface area contributed by atoms with Crippen LogP contribution in [0.1, 0.15) is 47.0 Å². The van der Waals surface area contributed by atoms with Crippen LogP contribution in [0.4, 0.5) is 0 Å². The van der Waals surface area contributed by atoms with E-state index in [0.29, 0.717) is 18.4 Å². The number of carbonyl (C=O) groups excluding carboxylic acids is 3. The molecule has 1 aliphatic heterocycles. The third-order valence-corrected chi connectivity index (χ3v) is 4.74. The number of hydrogen-bond donors (Lipinski definition) is 0. The topological polar surface area (TPSA) is 60.4 Å². The van der Waals surface area contributed by atoms with Gasteiger partial charge in [0, 0.05) is 36.7 Å². The molecular weight excluding hydrogens is 304 g/mol. The van der Waals surface area contributed by atoms with Gasteiger partial charge in [-0.1, -0.05) is 44.6 Å². The van der Waals surface area contributed by atoms with Crippen molar-refractivity contribution in [3.63, 3.8) is 0 Å². The number of rotatable bonds is 1. The fourth-order valence-corrected chi connectivity index (χ4v) is 3.13. The standard InChI is InChI=1S/C20H26O4/c1-12(2)17-11-18(22)14(4)7-5-6-13(3)8-16(21)9-15-10-19(17)24-20(15)23/h5-7,10,12,14,17,19H,8-9,11H2,1-4H3/b7-5-,13-6-/t14-,17+,19+/m0/s1. The maximum atomic E-state index is 12.5. The van der Waals surface area contributed by atoms with Crippen molar-refractivity contribution in [1.82, 2.24) is 0 Å². The molecule has 0 aromatic rings. The quantitative estimate of drug-likeness (QED) is 0.690. The lowest BCUT2D eigenvalue weighted by Crippen LogP contribution is -2.29. The second kappa shape index (κ2) is 7.73. The van der Waals surface area contributed by atoms with E-state index >= 15 is 0 Å². The Morgan fingerprint density at radius 1 is 1.17 bits per heavy atom. The molecule has 0 amide bonds. The normalized spacial score (nSPS) is 32.7. The minimum atomic E-state index is -0.422. The molecule has 0 aromatic carbocycles. The van der Waals surface area contributed by atoms with Gasteiger partial charge >= 0.3 is 5.97 Å². The lowest BCUT2D eigenvalue weighted by molar-refractivity contribution is -0.143. The van der Waals surface area contributed by atoms with E-state index in [9.17, 15) is 14.4 Å². The maximum Gasteiger partial charge on any atom is 0.334 e. The van der Waals surface area contributed by atoms with Gasteiger partial charge in [0.25, 0.3) is 0 Å². The second-order valence-corrected chi connectivity index (χ2v) is 7.22. The van der Waals surface area contributed by atoms with Crippen LogP contribution < -0.4 is 0 Å². The van der Waals surface area contributed by atoms with Crippen LogP contribution in [0.15, 0.2) is 35.5 Å². The third kappa shape index (κ3) is 4.53. The average Bonchev–Trinajstić information content (AvgIpc) is 2.83. The Kier molecular flexibility index (Phi) is 5.92. The van der Waals surface area contributed by atoms with Gasteiger partial charge in [0.15, 0.2) is 0 Å². The second-order valence-electron chi connectivity index (χ2n) is 7.22. The van der Waals surface area contributed by atoms with Crippen LogP contribution in [0.3, 0.4) is 0 Å². The summed E-state index contributed by atoms with van der Waals surface area (Å²) >= 11 is 0. The molecule has 0 unspecified atom stereocenters. The van der Waals surface area contributed by atoms with Crippen molar-refractivity contribution in [2.24, 2.45) is 17.8 Å². The van der Waals surface area contributed by atoms with E-state index in [-0.39, 0.29) is 35.7 Å². The van der Waals surface area contributed by atoms with Crippen molar-refractivity contribution in [3.8, 4) is 0 Å². The van der Waals surface area contributed by atoms with Crippen LogP contribution >= 0.6 is 0 Å². The molecule has 0 aromatic heterocycles. The molecule has 2 rings (SSSR count). The first-order valence-corrected chi connectivity index (χ1v) is 8.58. The molecule has 1 heterocycles. The van der Waals surface area contributed by atoms with E-state index in [2.05, 4.69) is 0 Å². The summed E-state index contributed by atoms with van der Waals surface area (Å²) in [7, 11) is 0. The Balaban J connectivity index is 2.34. The molecule has 0 radical (unpaired) electrons. The molecule has 0 saturated heterocycles. The predicted molar refractivity (Wildman–Crippen MR) is 92.2 cm³/mol. The number of ether oxygens (including phenoxy) is 1. The summed E-state index contributed by atoms with van der Waals surface area (Å²) in [4.78, 5) is 36.7. The van der Waals surface area contributed by atoms with Gasteiger partial charge < -0.3 is 4.74 Å². The van der Waals surface area contributed by atoms with Gasteiger partial charge in [0.05, 0.1) is 0 Å². The van der Waals surface area contributed by atoms with Crippen LogP contribution in [0.25, 0.3) is 0 Å². The van der Waals surface area contributed by atoms with E-state index < -0.39 is 12.1 Å². The van der Waals surface area contributed by atoms with E-state index in [1.807, 2.05) is 45.9 Å². The highest BCUT2D eigenvalue weighted by Crippen LogP contribution is 2.31. The highest BCUT2D eigenvalue weighted by Gasteiger charge is 2.35. The first-order valence-electron chi connectivity index (χ1n) is 8.58. The fraction of sp³-hybridized carbons (Fsp3) is 0.550. The Bertz CT molecular complexity index is 622. The molecular formula is C20H26O4. The monoisotopic (exact) mass is 330 g/mol. The van der Waals surface area contributed by atoms with Crippen molar-refractivity contribution in [2.75, 3.05) is 0 Å². The van der Waals surface area contributed by atoms with Crippen LogP contribution in [-0.2, 0) is 19.1 Å². The minimum Gasteiger partial charge on any atom is -0.454 e. The number of esters is 1. The molecule has 0 fully saturated rings. The van der Waals surface area contributed by atoms with E-state index in [0.717, 1.165) is 5.57 Å². The molecule has 4 heteroatoms. The highest BCUT2D eigenvalue weighted by atomic mass is 16.5. The van der Waals surface area contributed by atoms with E-state index in [1.54, 1.807) is 6.08 Å². The lowest BCUT2D eigenvalue weighted by atomic mass is 9.83. The SMILES string of the molecule is C/C1=C/C=C\[C@H](C)C(=O)C[C@H](C(C)C)[C@H]2C=C(CC(=O)C1)C(=O)O2. The summed E-state index contributed by atoms with van der Waals surface area (Å²) in [6.07, 6.45) is 7.66. The lowest BCUT2D eigenvalue weighted by Gasteiger charge is -2.25. The van der Waals surface area contributed by atoms with Crippen LogP contribution in [0, 0.1) is 17.8 Å². The van der Waals surface area contributed by atoms with Crippen LogP contribution in [0.5, 0.6) is 0 Å². The Morgan fingerprint density at radius 3 is 2.54 bits per heavy atom. The van der Waals surface area contributed by atoms with Crippen molar-refractivity contribution in [2.45, 2.75) is 53.1 Å². The zero-order chi connectivity index (χ0) is 17.9. The summed E-state index contributed by atoms with van der Waals surface area (Å²) in [5, 5.41) is 0. The highest BCUT2D eigenvalue weighted by molar-refractivity contribution is 5.98. The van der Waals surface area contributed by atoms with Gasteiger partial charge in [-0.2, -0.15) is 0 Å². The van der Waals surface area contributed by atoms with Crippen molar-refractivity contribution >= 4 is 17.5 Å². The predicted octanol–water partition coefficient (Wildman–Crippen LogP) is 3.57. The number of fused-ring (bicyclic) bond motifs is 1. The van der Waals surface area contributed by atoms with Crippen molar-refractivity contribution < 1.29 is 19.1 Å². The van der Waals surface area contributed by atoms with Crippen molar-refractivity contribution in [3.05, 3.63) is 35.5 Å². The van der Waals surface area contributed by atoms with Gasteiger partial charge in [-0.25, -0.2) is 4.79 Å². The largest absolute Gasteiger partial charge is 0.454 e. The van der Waals surface area contributed by atoms with Crippen LogP contribution in [0.2, 0.25) is 0 Å². The first kappa shape index (κ1) is 18.4. The van der Waals surface area contributed by atoms with Crippen LogP contribution in [-0.4, -0.2) is 23.6 Å². The molecule has 130 valence electrons. The Hall–Kier alpha value is -1.97.